The number of rotatable bonds is 7. The quantitative estimate of drug-likeness (QED) is 0.420. The van der Waals surface area contributed by atoms with E-state index in [0.717, 1.165) is 41.6 Å². The van der Waals surface area contributed by atoms with Crippen molar-refractivity contribution in [1.82, 2.24) is 40.2 Å². The highest BCUT2D eigenvalue weighted by Gasteiger charge is 2.44. The van der Waals surface area contributed by atoms with Crippen molar-refractivity contribution in [3.05, 3.63) is 53.9 Å². The number of aromatic nitrogens is 4. The molecule has 1 saturated heterocycles. The van der Waals surface area contributed by atoms with E-state index in [9.17, 15) is 9.59 Å². The number of aryl methyl sites for hydroxylation is 1. The SMILES string of the molecule is CC1NC=C(C(=O)NCCN2CCOCC23CCC3)C=C1NC(=O)c1cnn2cc(-c3cnn(C)c3)sc12. The molecule has 3 aliphatic rings. The van der Waals surface area contributed by atoms with Crippen molar-refractivity contribution >= 4 is 28.0 Å². The summed E-state index contributed by atoms with van der Waals surface area (Å²) < 4.78 is 9.16. The van der Waals surface area contributed by atoms with Gasteiger partial charge in [0.05, 0.1) is 47.7 Å². The second-order valence-electron chi connectivity index (χ2n) is 10.2. The first-order chi connectivity index (χ1) is 18.4. The van der Waals surface area contributed by atoms with E-state index in [1.165, 1.54) is 30.6 Å². The Bertz CT molecular complexity index is 1430. The lowest BCUT2D eigenvalue weighted by Crippen LogP contribution is -2.62. The van der Waals surface area contributed by atoms with Gasteiger partial charge in [-0.3, -0.25) is 19.2 Å². The third kappa shape index (κ3) is 4.63. The largest absolute Gasteiger partial charge is 0.382 e. The van der Waals surface area contributed by atoms with Crippen LogP contribution < -0.4 is 16.0 Å². The summed E-state index contributed by atoms with van der Waals surface area (Å²) >= 11 is 1.48. The van der Waals surface area contributed by atoms with E-state index in [-0.39, 0.29) is 23.4 Å². The van der Waals surface area contributed by atoms with Crippen molar-refractivity contribution in [3.8, 4) is 10.4 Å². The molecule has 2 amide bonds. The second kappa shape index (κ2) is 10.0. The van der Waals surface area contributed by atoms with Gasteiger partial charge in [0.2, 0.25) is 0 Å². The normalized spacial score (nSPS) is 20.9. The molecule has 1 spiro atoms. The van der Waals surface area contributed by atoms with Crippen LogP contribution in [-0.4, -0.2) is 80.5 Å². The van der Waals surface area contributed by atoms with E-state index in [2.05, 4.69) is 31.0 Å². The molecule has 11 nitrogen and oxygen atoms in total. The molecule has 0 bridgehead atoms. The highest BCUT2D eigenvalue weighted by atomic mass is 32.1. The molecule has 38 heavy (non-hydrogen) atoms. The van der Waals surface area contributed by atoms with Gasteiger partial charge in [-0.25, -0.2) is 4.52 Å². The topological polar surface area (TPSA) is 118 Å². The zero-order valence-corrected chi connectivity index (χ0v) is 22.4. The van der Waals surface area contributed by atoms with Crippen LogP contribution >= 0.6 is 11.3 Å². The van der Waals surface area contributed by atoms with Gasteiger partial charge in [0, 0.05) is 62.1 Å². The lowest BCUT2D eigenvalue weighted by Gasteiger charge is -2.52. The first-order valence-corrected chi connectivity index (χ1v) is 13.8. The number of nitrogens with zero attached hydrogens (tertiary/aromatic N) is 5. The number of amides is 2. The number of thiazole rings is 1. The molecule has 0 aromatic carbocycles. The van der Waals surface area contributed by atoms with Gasteiger partial charge in [0.15, 0.2) is 0 Å². The number of dihydropyridines is 1. The summed E-state index contributed by atoms with van der Waals surface area (Å²) in [5, 5.41) is 17.8. The van der Waals surface area contributed by atoms with Crippen LogP contribution in [0.15, 0.2) is 48.3 Å². The van der Waals surface area contributed by atoms with Crippen molar-refractivity contribution in [3.63, 3.8) is 0 Å². The van der Waals surface area contributed by atoms with Gasteiger partial charge >= 0.3 is 0 Å². The van der Waals surface area contributed by atoms with Crippen molar-refractivity contribution in [1.29, 1.82) is 0 Å². The van der Waals surface area contributed by atoms with Crippen molar-refractivity contribution < 1.29 is 14.3 Å². The fraction of sp³-hybridized carbons (Fsp3) is 0.462. The zero-order valence-electron chi connectivity index (χ0n) is 21.6. The third-order valence-electron chi connectivity index (χ3n) is 7.71. The fourth-order valence-electron chi connectivity index (χ4n) is 5.30. The van der Waals surface area contributed by atoms with Crippen molar-refractivity contribution in [2.24, 2.45) is 7.05 Å². The molecule has 2 fully saturated rings. The Morgan fingerprint density at radius 1 is 1.24 bits per heavy atom. The minimum absolute atomic E-state index is 0.150. The molecule has 200 valence electrons. The molecule has 3 aromatic heterocycles. The van der Waals surface area contributed by atoms with Gasteiger partial charge in [0.1, 0.15) is 4.83 Å². The molecule has 6 rings (SSSR count). The smallest absolute Gasteiger partial charge is 0.260 e. The Hall–Kier alpha value is -3.48. The molecule has 3 aromatic rings. The zero-order chi connectivity index (χ0) is 26.3. The summed E-state index contributed by atoms with van der Waals surface area (Å²) in [6, 6.07) is -0.150. The number of nitrogens with one attached hydrogen (secondary N) is 3. The van der Waals surface area contributed by atoms with Crippen molar-refractivity contribution in [2.75, 3.05) is 32.8 Å². The van der Waals surface area contributed by atoms with Crippen LogP contribution in [0.1, 0.15) is 36.5 Å². The summed E-state index contributed by atoms with van der Waals surface area (Å²) in [6.07, 6.45) is 14.2. The van der Waals surface area contributed by atoms with E-state index >= 15 is 0 Å². The summed E-state index contributed by atoms with van der Waals surface area (Å²) in [5.41, 5.74) is 2.73. The van der Waals surface area contributed by atoms with Crippen LogP contribution in [0.4, 0.5) is 0 Å². The summed E-state index contributed by atoms with van der Waals surface area (Å²) in [6.45, 7) is 5.75. The maximum Gasteiger partial charge on any atom is 0.260 e. The first kappa shape index (κ1) is 24.8. The van der Waals surface area contributed by atoms with E-state index in [1.54, 1.807) is 33.9 Å². The lowest BCUT2D eigenvalue weighted by atomic mass is 9.75. The Kier molecular flexibility index (Phi) is 6.54. The number of ether oxygens (including phenoxy) is 1. The molecular formula is C26H32N8O3S. The maximum atomic E-state index is 13.2. The standard InChI is InChI=1S/C26H32N8O3S/c1-17-21(31-24(36)20-13-30-34-15-22(38-25(20)34)19-12-29-32(2)14-19)10-18(11-28-17)23(35)27-6-7-33-8-9-37-16-26(33)4-3-5-26/h10-15,17,28H,3-9,16H2,1-2H3,(H,27,35)(H,31,36). The predicted molar refractivity (Wildman–Crippen MR) is 143 cm³/mol. The van der Waals surface area contributed by atoms with E-state index < -0.39 is 0 Å². The van der Waals surface area contributed by atoms with Crippen LogP contribution in [0.3, 0.4) is 0 Å². The second-order valence-corrected chi connectivity index (χ2v) is 11.3. The molecule has 3 N–H and O–H groups in total. The van der Waals surface area contributed by atoms with Gasteiger partial charge in [-0.2, -0.15) is 10.2 Å². The number of carbonyl (C=O) groups excluding carboxylic acids is 2. The third-order valence-corrected chi connectivity index (χ3v) is 8.88. The lowest BCUT2D eigenvalue weighted by molar-refractivity contribution is -0.119. The van der Waals surface area contributed by atoms with Crippen LogP contribution in [-0.2, 0) is 16.6 Å². The number of morpholine rings is 1. The van der Waals surface area contributed by atoms with Crippen LogP contribution in [0.2, 0.25) is 0 Å². The molecule has 2 aliphatic heterocycles. The first-order valence-electron chi connectivity index (χ1n) is 13.0. The summed E-state index contributed by atoms with van der Waals surface area (Å²) in [5.74, 6) is -0.432. The minimum Gasteiger partial charge on any atom is -0.382 e. The molecule has 1 aliphatic carbocycles. The molecular weight excluding hydrogens is 504 g/mol. The van der Waals surface area contributed by atoms with Gasteiger partial charge in [0.25, 0.3) is 11.8 Å². The van der Waals surface area contributed by atoms with Gasteiger partial charge in [-0.15, -0.1) is 11.3 Å². The highest BCUT2D eigenvalue weighted by molar-refractivity contribution is 7.21. The Morgan fingerprint density at radius 3 is 2.87 bits per heavy atom. The van der Waals surface area contributed by atoms with Crippen LogP contribution in [0.25, 0.3) is 15.3 Å². The van der Waals surface area contributed by atoms with Gasteiger partial charge in [-0.1, -0.05) is 0 Å². The Morgan fingerprint density at radius 2 is 2.11 bits per heavy atom. The molecule has 1 saturated carbocycles. The van der Waals surface area contributed by atoms with Gasteiger partial charge < -0.3 is 20.7 Å². The van der Waals surface area contributed by atoms with Crippen LogP contribution in [0.5, 0.6) is 0 Å². The average Bonchev–Trinajstić information content (AvgIpc) is 3.60. The van der Waals surface area contributed by atoms with Gasteiger partial charge in [-0.05, 0) is 32.3 Å². The molecule has 1 atom stereocenters. The van der Waals surface area contributed by atoms with E-state index in [1.807, 2.05) is 26.4 Å². The number of carbonyl (C=O) groups is 2. The van der Waals surface area contributed by atoms with E-state index in [0.29, 0.717) is 23.4 Å². The molecule has 5 heterocycles. The molecule has 12 heteroatoms. The Labute approximate surface area is 224 Å². The average molecular weight is 537 g/mol. The number of fused-ring (bicyclic) bond motifs is 1. The monoisotopic (exact) mass is 536 g/mol. The van der Waals surface area contributed by atoms with Crippen LogP contribution in [0, 0.1) is 0 Å². The Balaban J connectivity index is 1.09. The minimum atomic E-state index is -0.265. The molecule has 0 radical (unpaired) electrons. The summed E-state index contributed by atoms with van der Waals surface area (Å²) in [7, 11) is 1.87. The number of hydrogen-bond acceptors (Lipinski definition) is 8. The predicted octanol–water partition coefficient (Wildman–Crippen LogP) is 1.66. The van der Waals surface area contributed by atoms with Crippen molar-refractivity contribution in [2.45, 2.75) is 37.8 Å². The highest BCUT2D eigenvalue weighted by Crippen LogP contribution is 2.39. The molecule has 1 unspecified atom stereocenters. The van der Waals surface area contributed by atoms with E-state index in [4.69, 9.17) is 4.74 Å². The maximum absolute atomic E-state index is 13.2. The summed E-state index contributed by atoms with van der Waals surface area (Å²) in [4.78, 5) is 30.3. The number of hydrogen-bond donors (Lipinski definition) is 3. The fourth-order valence-corrected chi connectivity index (χ4v) is 6.34.